The molecule has 1 aliphatic heterocycles. The second kappa shape index (κ2) is 9.39. The Hall–Kier alpha value is -0.570. The van der Waals surface area contributed by atoms with Crippen LogP contribution in [0.15, 0.2) is 0 Å². The summed E-state index contributed by atoms with van der Waals surface area (Å²) in [7, 11) is 0.240. The van der Waals surface area contributed by atoms with Crippen LogP contribution in [0.3, 0.4) is 0 Å². The maximum Gasteiger partial charge on any atom is 0.411 e. The van der Waals surface area contributed by atoms with Crippen molar-refractivity contribution in [1.82, 2.24) is 14.1 Å². The lowest BCUT2D eigenvalue weighted by atomic mass is 10.1. The molecule has 0 aromatic rings. The van der Waals surface area contributed by atoms with E-state index >= 15 is 0 Å². The van der Waals surface area contributed by atoms with Gasteiger partial charge in [-0.05, 0) is 67.1 Å². The van der Waals surface area contributed by atoms with Gasteiger partial charge in [0.2, 0.25) is 10.0 Å². The molecule has 1 unspecified atom stereocenters. The first-order valence-corrected chi connectivity index (χ1v) is 10.8. The zero-order valence-corrected chi connectivity index (χ0v) is 17.6. The van der Waals surface area contributed by atoms with Crippen molar-refractivity contribution < 1.29 is 17.9 Å². The monoisotopic (exact) mass is 397 g/mol. The number of rotatable bonds is 7. The van der Waals surface area contributed by atoms with Crippen LogP contribution in [0.4, 0.5) is 4.79 Å². The van der Waals surface area contributed by atoms with Crippen molar-refractivity contribution in [2.24, 2.45) is 0 Å². The summed E-state index contributed by atoms with van der Waals surface area (Å²) < 4.78 is 31.9. The van der Waals surface area contributed by atoms with Crippen LogP contribution in [-0.2, 0) is 14.8 Å². The molecule has 0 bridgehead atoms. The van der Waals surface area contributed by atoms with E-state index in [0.717, 1.165) is 19.4 Å². The molecular weight excluding hydrogens is 366 g/mol. The SMILES string of the molecule is CN(C)CCCN(C1CCCCN1C(=O)OC(C)(C)C)S(=O)(=O)CCl. The normalized spacial score (nSPS) is 19.5. The van der Waals surface area contributed by atoms with Gasteiger partial charge in [-0.15, -0.1) is 11.6 Å². The molecule has 0 N–H and O–H groups in total. The first-order valence-electron chi connectivity index (χ1n) is 8.68. The Morgan fingerprint density at radius 3 is 2.40 bits per heavy atom. The molecule has 1 heterocycles. The molecule has 1 atom stereocenters. The van der Waals surface area contributed by atoms with Gasteiger partial charge in [-0.3, -0.25) is 4.90 Å². The van der Waals surface area contributed by atoms with Gasteiger partial charge in [0.1, 0.15) is 17.0 Å². The van der Waals surface area contributed by atoms with E-state index in [2.05, 4.69) is 0 Å². The average molecular weight is 398 g/mol. The molecule has 1 aliphatic rings. The minimum Gasteiger partial charge on any atom is -0.444 e. The summed E-state index contributed by atoms with van der Waals surface area (Å²) in [5, 5.41) is -0.492. The third kappa shape index (κ3) is 7.29. The van der Waals surface area contributed by atoms with E-state index in [0.29, 0.717) is 25.9 Å². The largest absolute Gasteiger partial charge is 0.444 e. The summed E-state index contributed by atoms with van der Waals surface area (Å²) in [5.41, 5.74) is -0.625. The molecule has 0 spiro atoms. The van der Waals surface area contributed by atoms with E-state index in [1.165, 1.54) is 9.21 Å². The predicted octanol–water partition coefficient (Wildman–Crippen LogP) is 2.51. The van der Waals surface area contributed by atoms with Gasteiger partial charge in [-0.25, -0.2) is 13.2 Å². The summed E-state index contributed by atoms with van der Waals surface area (Å²) >= 11 is 5.71. The second-order valence-electron chi connectivity index (χ2n) is 7.64. The lowest BCUT2D eigenvalue weighted by Crippen LogP contribution is -2.56. The van der Waals surface area contributed by atoms with Gasteiger partial charge in [-0.1, -0.05) is 0 Å². The Bertz CT molecular complexity index is 534. The lowest BCUT2D eigenvalue weighted by Gasteiger charge is -2.41. The minimum absolute atomic E-state index is 0.331. The molecule has 1 rings (SSSR count). The number of nitrogens with zero attached hydrogens (tertiary/aromatic N) is 3. The fourth-order valence-corrected chi connectivity index (χ4v) is 4.32. The van der Waals surface area contributed by atoms with Gasteiger partial charge >= 0.3 is 6.09 Å². The number of hydrogen-bond donors (Lipinski definition) is 0. The minimum atomic E-state index is -3.64. The number of carbonyl (C=O) groups is 1. The van der Waals surface area contributed by atoms with Crippen LogP contribution in [0.1, 0.15) is 46.5 Å². The molecule has 1 saturated heterocycles. The third-order valence-electron chi connectivity index (χ3n) is 3.91. The van der Waals surface area contributed by atoms with Crippen molar-refractivity contribution in [3.05, 3.63) is 0 Å². The van der Waals surface area contributed by atoms with Crippen molar-refractivity contribution in [3.8, 4) is 0 Å². The number of piperidine rings is 1. The summed E-state index contributed by atoms with van der Waals surface area (Å²) in [6.45, 7) is 6.98. The average Bonchev–Trinajstić information content (AvgIpc) is 2.49. The molecule has 7 nitrogen and oxygen atoms in total. The zero-order chi connectivity index (χ0) is 19.3. The van der Waals surface area contributed by atoms with Crippen LogP contribution < -0.4 is 0 Å². The van der Waals surface area contributed by atoms with Crippen LogP contribution in [0, 0.1) is 0 Å². The summed E-state index contributed by atoms with van der Waals surface area (Å²) in [6.07, 6.45) is 1.96. The van der Waals surface area contributed by atoms with E-state index in [4.69, 9.17) is 16.3 Å². The van der Waals surface area contributed by atoms with Crippen molar-refractivity contribution in [2.75, 3.05) is 38.9 Å². The number of sulfonamides is 1. The number of carbonyl (C=O) groups excluding carboxylic acids is 1. The first-order chi connectivity index (χ1) is 11.5. The number of halogens is 1. The highest BCUT2D eigenvalue weighted by molar-refractivity contribution is 7.90. The van der Waals surface area contributed by atoms with Gasteiger partial charge in [0.15, 0.2) is 0 Å². The number of likely N-dealkylation sites (tertiary alicyclic amines) is 1. The van der Waals surface area contributed by atoms with Crippen LogP contribution >= 0.6 is 11.6 Å². The molecular formula is C16H32ClN3O4S. The molecule has 0 aromatic carbocycles. The van der Waals surface area contributed by atoms with Crippen LogP contribution in [0.25, 0.3) is 0 Å². The first kappa shape index (κ1) is 22.5. The Kier molecular flexibility index (Phi) is 8.44. The van der Waals surface area contributed by atoms with E-state index in [1.807, 2.05) is 19.0 Å². The summed E-state index contributed by atoms with van der Waals surface area (Å²) in [6, 6.07) is 0. The van der Waals surface area contributed by atoms with Gasteiger partial charge in [0, 0.05) is 13.1 Å². The van der Waals surface area contributed by atoms with Crippen molar-refractivity contribution >= 4 is 27.7 Å². The van der Waals surface area contributed by atoms with Crippen LogP contribution in [0.5, 0.6) is 0 Å². The maximum absolute atomic E-state index is 12.6. The molecule has 9 heteroatoms. The Morgan fingerprint density at radius 1 is 1.24 bits per heavy atom. The predicted molar refractivity (Wildman–Crippen MR) is 100 cm³/mol. The van der Waals surface area contributed by atoms with E-state index in [1.54, 1.807) is 20.8 Å². The smallest absolute Gasteiger partial charge is 0.411 e. The van der Waals surface area contributed by atoms with Crippen molar-refractivity contribution in [2.45, 2.75) is 58.2 Å². The fraction of sp³-hybridized carbons (Fsp3) is 0.938. The van der Waals surface area contributed by atoms with Crippen molar-refractivity contribution in [1.29, 1.82) is 0 Å². The molecule has 0 aliphatic carbocycles. The molecule has 148 valence electrons. The van der Waals surface area contributed by atoms with Gasteiger partial charge in [0.25, 0.3) is 0 Å². The molecule has 1 fully saturated rings. The van der Waals surface area contributed by atoms with Gasteiger partial charge in [0.05, 0.1) is 0 Å². The second-order valence-corrected chi connectivity index (χ2v) is 10.1. The van der Waals surface area contributed by atoms with Crippen LogP contribution in [0.2, 0.25) is 0 Å². The summed E-state index contributed by atoms with van der Waals surface area (Å²) in [4.78, 5) is 16.1. The molecule has 25 heavy (non-hydrogen) atoms. The quantitative estimate of drug-likeness (QED) is 0.617. The molecule has 0 aromatic heterocycles. The maximum atomic E-state index is 12.6. The Morgan fingerprint density at radius 2 is 1.88 bits per heavy atom. The standard InChI is InChI=1S/C16H32ClN3O4S/c1-16(2,3)24-15(21)19-11-7-6-9-14(19)20(25(22,23)13-17)12-8-10-18(4)5/h14H,6-13H2,1-5H3. The zero-order valence-electron chi connectivity index (χ0n) is 16.0. The summed E-state index contributed by atoms with van der Waals surface area (Å²) in [5.74, 6) is 0. The van der Waals surface area contributed by atoms with Crippen LogP contribution in [-0.4, -0.2) is 79.3 Å². The Labute approximate surface area is 157 Å². The number of amides is 1. The number of alkyl halides is 1. The lowest BCUT2D eigenvalue weighted by molar-refractivity contribution is -0.00765. The van der Waals surface area contributed by atoms with E-state index in [-0.39, 0.29) is 0 Å². The van der Waals surface area contributed by atoms with Gasteiger partial charge in [-0.2, -0.15) is 4.31 Å². The van der Waals surface area contributed by atoms with E-state index in [9.17, 15) is 13.2 Å². The highest BCUT2D eigenvalue weighted by atomic mass is 35.5. The fourth-order valence-electron chi connectivity index (χ4n) is 2.83. The number of hydrogen-bond acceptors (Lipinski definition) is 5. The van der Waals surface area contributed by atoms with E-state index < -0.39 is 33.1 Å². The Balaban J connectivity index is 3.00. The third-order valence-corrected chi connectivity index (χ3v) is 6.15. The topological polar surface area (TPSA) is 70.2 Å². The molecule has 1 amide bonds. The van der Waals surface area contributed by atoms with Crippen molar-refractivity contribution in [3.63, 3.8) is 0 Å². The number of ether oxygens (including phenoxy) is 1. The molecule has 0 radical (unpaired) electrons. The van der Waals surface area contributed by atoms with Gasteiger partial charge < -0.3 is 9.64 Å². The highest BCUT2D eigenvalue weighted by Gasteiger charge is 2.38. The highest BCUT2D eigenvalue weighted by Crippen LogP contribution is 2.26. The molecule has 0 saturated carbocycles.